The van der Waals surface area contributed by atoms with E-state index < -0.39 is 0 Å². The lowest BCUT2D eigenvalue weighted by atomic mass is 10.2. The minimum absolute atomic E-state index is 0.166. The normalized spacial score (nSPS) is 10.5. The van der Waals surface area contributed by atoms with Gasteiger partial charge in [-0.1, -0.05) is 62.8 Å². The van der Waals surface area contributed by atoms with E-state index in [9.17, 15) is 9.59 Å². The molecule has 0 fully saturated rings. The predicted molar refractivity (Wildman–Crippen MR) is 118 cm³/mol. The standard InChI is InChI=1S/C18H14BrClN4O2S2/c1-10-5-6-13(8-14(10)20)21-15(25)9-27-18-24-23-17(28-18)22-16(26)11-3-2-4-12(19)7-11/h2-8H,9H2,1H3,(H,21,25)(H,22,23,26). The molecular formula is C18H14BrClN4O2S2. The Morgan fingerprint density at radius 3 is 2.75 bits per heavy atom. The van der Waals surface area contributed by atoms with Crippen LogP contribution in [0.1, 0.15) is 15.9 Å². The predicted octanol–water partition coefficient (Wildman–Crippen LogP) is 5.25. The molecule has 0 saturated heterocycles. The Bertz CT molecular complexity index is 1030. The van der Waals surface area contributed by atoms with E-state index >= 15 is 0 Å². The number of aromatic nitrogens is 2. The number of halogens is 2. The molecule has 0 saturated carbocycles. The van der Waals surface area contributed by atoms with E-state index in [2.05, 4.69) is 36.8 Å². The number of rotatable bonds is 6. The highest BCUT2D eigenvalue weighted by Crippen LogP contribution is 2.26. The monoisotopic (exact) mass is 496 g/mol. The number of carbonyl (C=O) groups is 2. The van der Waals surface area contributed by atoms with Crippen molar-refractivity contribution in [3.05, 3.63) is 63.1 Å². The van der Waals surface area contributed by atoms with Crippen LogP contribution in [-0.2, 0) is 4.79 Å². The fourth-order valence-electron chi connectivity index (χ4n) is 2.11. The summed E-state index contributed by atoms with van der Waals surface area (Å²) in [7, 11) is 0. The van der Waals surface area contributed by atoms with Gasteiger partial charge in [-0.2, -0.15) is 0 Å². The summed E-state index contributed by atoms with van der Waals surface area (Å²) in [5.41, 5.74) is 2.09. The number of hydrogen-bond donors (Lipinski definition) is 2. The lowest BCUT2D eigenvalue weighted by molar-refractivity contribution is -0.113. The molecule has 1 heterocycles. The van der Waals surface area contributed by atoms with E-state index in [1.807, 2.05) is 19.1 Å². The molecular weight excluding hydrogens is 484 g/mol. The second-order valence-corrected chi connectivity index (χ2v) is 9.16. The van der Waals surface area contributed by atoms with Gasteiger partial charge in [0.2, 0.25) is 11.0 Å². The van der Waals surface area contributed by atoms with Crippen molar-refractivity contribution in [3.63, 3.8) is 0 Å². The summed E-state index contributed by atoms with van der Waals surface area (Å²) >= 11 is 11.8. The van der Waals surface area contributed by atoms with Crippen LogP contribution in [0.25, 0.3) is 0 Å². The molecule has 0 atom stereocenters. The van der Waals surface area contributed by atoms with Gasteiger partial charge < -0.3 is 5.32 Å². The maximum absolute atomic E-state index is 12.2. The lowest BCUT2D eigenvalue weighted by Crippen LogP contribution is -2.13. The molecule has 10 heteroatoms. The van der Waals surface area contributed by atoms with Crippen molar-refractivity contribution in [1.29, 1.82) is 0 Å². The van der Waals surface area contributed by atoms with Gasteiger partial charge in [0, 0.05) is 20.7 Å². The third kappa shape index (κ3) is 5.78. The second-order valence-electron chi connectivity index (χ2n) is 5.64. The molecule has 0 spiro atoms. The number of thioether (sulfide) groups is 1. The van der Waals surface area contributed by atoms with E-state index in [4.69, 9.17) is 11.6 Å². The van der Waals surface area contributed by atoms with E-state index in [0.29, 0.717) is 25.7 Å². The zero-order valence-corrected chi connectivity index (χ0v) is 18.5. The van der Waals surface area contributed by atoms with E-state index in [-0.39, 0.29) is 17.6 Å². The number of nitrogens with one attached hydrogen (secondary N) is 2. The highest BCUT2D eigenvalue weighted by Gasteiger charge is 2.12. The van der Waals surface area contributed by atoms with Crippen LogP contribution in [0, 0.1) is 6.92 Å². The Labute approximate surface area is 183 Å². The topological polar surface area (TPSA) is 84.0 Å². The molecule has 0 unspecified atom stereocenters. The van der Waals surface area contributed by atoms with E-state index in [1.54, 1.807) is 30.3 Å². The first-order valence-electron chi connectivity index (χ1n) is 8.00. The van der Waals surface area contributed by atoms with Crippen LogP contribution >= 0.6 is 50.6 Å². The van der Waals surface area contributed by atoms with Crippen LogP contribution in [-0.4, -0.2) is 27.8 Å². The Morgan fingerprint density at radius 2 is 2.00 bits per heavy atom. The first kappa shape index (κ1) is 20.8. The van der Waals surface area contributed by atoms with Crippen molar-refractivity contribution in [2.45, 2.75) is 11.3 Å². The Hall–Kier alpha value is -1.94. The molecule has 0 bridgehead atoms. The first-order chi connectivity index (χ1) is 13.4. The fraction of sp³-hybridized carbons (Fsp3) is 0.111. The zero-order chi connectivity index (χ0) is 20.1. The number of aryl methyl sites for hydroxylation is 1. The molecule has 3 aromatic rings. The molecule has 0 aliphatic carbocycles. The quantitative estimate of drug-likeness (QED) is 0.359. The average Bonchev–Trinajstić information content (AvgIpc) is 3.10. The average molecular weight is 498 g/mol. The third-order valence-electron chi connectivity index (χ3n) is 3.50. The SMILES string of the molecule is Cc1ccc(NC(=O)CSc2nnc(NC(=O)c3cccc(Br)c3)s2)cc1Cl. The van der Waals surface area contributed by atoms with Crippen molar-refractivity contribution >= 4 is 73.3 Å². The van der Waals surface area contributed by atoms with Gasteiger partial charge in [0.15, 0.2) is 4.34 Å². The highest BCUT2D eigenvalue weighted by atomic mass is 79.9. The number of hydrogen-bond acceptors (Lipinski definition) is 6. The first-order valence-corrected chi connectivity index (χ1v) is 11.0. The van der Waals surface area contributed by atoms with Gasteiger partial charge in [-0.05, 0) is 42.8 Å². The molecule has 0 aliphatic heterocycles. The summed E-state index contributed by atoms with van der Waals surface area (Å²) < 4.78 is 1.40. The summed E-state index contributed by atoms with van der Waals surface area (Å²) in [6, 6.07) is 12.4. The van der Waals surface area contributed by atoms with Crippen LogP contribution in [0.4, 0.5) is 10.8 Å². The zero-order valence-electron chi connectivity index (χ0n) is 14.5. The molecule has 1 aromatic heterocycles. The van der Waals surface area contributed by atoms with E-state index in [0.717, 1.165) is 10.0 Å². The molecule has 3 rings (SSSR count). The minimum atomic E-state index is -0.275. The molecule has 6 nitrogen and oxygen atoms in total. The van der Waals surface area contributed by atoms with Crippen molar-refractivity contribution in [2.24, 2.45) is 0 Å². The third-order valence-corrected chi connectivity index (χ3v) is 6.37. The van der Waals surface area contributed by atoms with Crippen LogP contribution in [0.5, 0.6) is 0 Å². The number of nitrogens with zero attached hydrogens (tertiary/aromatic N) is 2. The molecule has 2 amide bonds. The molecule has 0 aliphatic rings. The maximum Gasteiger partial charge on any atom is 0.257 e. The molecule has 144 valence electrons. The van der Waals surface area contributed by atoms with Crippen molar-refractivity contribution in [1.82, 2.24) is 10.2 Å². The van der Waals surface area contributed by atoms with E-state index in [1.165, 1.54) is 23.1 Å². The number of amides is 2. The largest absolute Gasteiger partial charge is 0.325 e. The molecule has 2 N–H and O–H groups in total. The van der Waals surface area contributed by atoms with Crippen molar-refractivity contribution < 1.29 is 9.59 Å². The molecule has 2 aromatic carbocycles. The molecule has 0 radical (unpaired) electrons. The maximum atomic E-state index is 12.2. The summed E-state index contributed by atoms with van der Waals surface area (Å²) in [5, 5.41) is 14.4. The van der Waals surface area contributed by atoms with Gasteiger partial charge in [0.25, 0.3) is 5.91 Å². The lowest BCUT2D eigenvalue weighted by Gasteiger charge is -2.06. The van der Waals surface area contributed by atoms with Gasteiger partial charge in [0.1, 0.15) is 0 Å². The van der Waals surface area contributed by atoms with Crippen molar-refractivity contribution in [3.8, 4) is 0 Å². The summed E-state index contributed by atoms with van der Waals surface area (Å²) in [4.78, 5) is 24.3. The van der Waals surface area contributed by atoms with Crippen LogP contribution in [0.3, 0.4) is 0 Å². The number of benzene rings is 2. The Balaban J connectivity index is 1.52. The van der Waals surface area contributed by atoms with Gasteiger partial charge >= 0.3 is 0 Å². The smallest absolute Gasteiger partial charge is 0.257 e. The van der Waals surface area contributed by atoms with Gasteiger partial charge in [0.05, 0.1) is 5.75 Å². The Morgan fingerprint density at radius 1 is 1.18 bits per heavy atom. The second kappa shape index (κ2) is 9.51. The van der Waals surface area contributed by atoms with Crippen molar-refractivity contribution in [2.75, 3.05) is 16.4 Å². The number of carbonyl (C=O) groups excluding carboxylic acids is 2. The fourth-order valence-corrected chi connectivity index (χ4v) is 4.24. The van der Waals surface area contributed by atoms with Crippen LogP contribution in [0.2, 0.25) is 5.02 Å². The Kier molecular flexibility index (Phi) is 7.06. The summed E-state index contributed by atoms with van der Waals surface area (Å²) in [6.07, 6.45) is 0. The summed E-state index contributed by atoms with van der Waals surface area (Å²) in [5.74, 6) is -0.289. The van der Waals surface area contributed by atoms with Crippen LogP contribution < -0.4 is 10.6 Å². The van der Waals surface area contributed by atoms with Crippen LogP contribution in [0.15, 0.2) is 51.3 Å². The molecule has 28 heavy (non-hydrogen) atoms. The highest BCUT2D eigenvalue weighted by molar-refractivity contribution is 9.10. The van der Waals surface area contributed by atoms with Gasteiger partial charge in [-0.15, -0.1) is 10.2 Å². The minimum Gasteiger partial charge on any atom is -0.325 e. The van der Waals surface area contributed by atoms with Gasteiger partial charge in [-0.25, -0.2) is 0 Å². The summed E-state index contributed by atoms with van der Waals surface area (Å²) in [6.45, 7) is 1.90. The number of anilines is 2. The van der Waals surface area contributed by atoms with Gasteiger partial charge in [-0.3, -0.25) is 14.9 Å².